The van der Waals surface area contributed by atoms with E-state index >= 15 is 4.11 Å². The van der Waals surface area contributed by atoms with Gasteiger partial charge in [0.15, 0.2) is 0 Å². The third-order valence-corrected chi connectivity index (χ3v) is 21.1. The van der Waals surface area contributed by atoms with Gasteiger partial charge in [0.2, 0.25) is 0 Å². The topological polar surface area (TPSA) is 46.2 Å². The molecule has 1 rings (SSSR count). The summed E-state index contributed by atoms with van der Waals surface area (Å²) in [5.41, 5.74) is 0. The van der Waals surface area contributed by atoms with Crippen molar-refractivity contribution in [1.82, 2.24) is 0 Å². The minimum atomic E-state index is -5.67. The first-order valence-corrected chi connectivity index (χ1v) is 18.5. The van der Waals surface area contributed by atoms with E-state index in [4.69, 9.17) is 16.5 Å². The van der Waals surface area contributed by atoms with Gasteiger partial charge in [0.1, 0.15) is 0 Å². The van der Waals surface area contributed by atoms with Crippen molar-refractivity contribution in [2.45, 2.75) is 65.0 Å². The van der Waals surface area contributed by atoms with Gasteiger partial charge in [-0.1, -0.05) is 27.2 Å². The standard InChI is InChI=1S/C10H27F3O5Si5/c1-7-10-22(11)17-21(8-2,9-3)15-19(4)14-20(5,6)16-23(12,13)18-22/h19H,7-10H2,1-6H3. The third kappa shape index (κ3) is 6.48. The summed E-state index contributed by atoms with van der Waals surface area (Å²) in [5.74, 6) is 0. The Kier molecular flexibility index (Phi) is 7.48. The summed E-state index contributed by atoms with van der Waals surface area (Å²) in [6, 6.07) is 0.771. The lowest BCUT2D eigenvalue weighted by Gasteiger charge is -2.41. The molecular formula is C10H27F3O5Si5. The highest BCUT2D eigenvalue weighted by molar-refractivity contribution is 6.87. The summed E-state index contributed by atoms with van der Waals surface area (Å²) in [4.78, 5) is 0. The molecule has 0 aromatic rings. The Morgan fingerprint density at radius 2 is 1.43 bits per heavy atom. The number of rotatable bonds is 4. The molecule has 0 amide bonds. The highest BCUT2D eigenvalue weighted by Gasteiger charge is 2.61. The number of hydrogen-bond acceptors (Lipinski definition) is 5. The largest absolute Gasteiger partial charge is 0.744 e. The highest BCUT2D eigenvalue weighted by atomic mass is 28.6. The van der Waals surface area contributed by atoms with Gasteiger partial charge in [-0.2, -0.15) is 0 Å². The molecule has 138 valence electrons. The third-order valence-electron chi connectivity index (χ3n) is 3.43. The Hall–Kier alpha value is 0.674. The monoisotopic (exact) mass is 424 g/mol. The van der Waals surface area contributed by atoms with Gasteiger partial charge in [-0.15, -0.1) is 0 Å². The predicted molar refractivity (Wildman–Crippen MR) is 92.6 cm³/mol. The molecule has 2 atom stereocenters. The molecule has 0 saturated carbocycles. The minimum absolute atomic E-state index is 0.157. The summed E-state index contributed by atoms with van der Waals surface area (Å²) in [5, 5.41) is 0. The Bertz CT molecular complexity index is 401. The van der Waals surface area contributed by atoms with Crippen molar-refractivity contribution >= 4 is 44.5 Å². The Morgan fingerprint density at radius 1 is 0.870 bits per heavy atom. The maximum absolute atomic E-state index is 15.2. The molecule has 1 aliphatic rings. The van der Waals surface area contributed by atoms with Gasteiger partial charge < -0.3 is 20.6 Å². The molecular weight excluding hydrogens is 398 g/mol. The van der Waals surface area contributed by atoms with Gasteiger partial charge in [0, 0.05) is 6.04 Å². The van der Waals surface area contributed by atoms with E-state index < -0.39 is 44.5 Å². The summed E-state index contributed by atoms with van der Waals surface area (Å²) >= 11 is 0. The lowest BCUT2D eigenvalue weighted by atomic mass is 10.6. The Labute approximate surface area is 142 Å². The highest BCUT2D eigenvalue weighted by Crippen LogP contribution is 2.34. The van der Waals surface area contributed by atoms with Crippen molar-refractivity contribution in [1.29, 1.82) is 0 Å². The average molecular weight is 425 g/mol. The molecule has 23 heavy (non-hydrogen) atoms. The zero-order chi connectivity index (χ0) is 17.9. The van der Waals surface area contributed by atoms with Crippen LogP contribution in [0.15, 0.2) is 0 Å². The van der Waals surface area contributed by atoms with E-state index in [-0.39, 0.29) is 6.04 Å². The Balaban J connectivity index is 3.24. The lowest BCUT2D eigenvalue weighted by Crippen LogP contribution is -2.62. The van der Waals surface area contributed by atoms with E-state index in [0.29, 0.717) is 18.5 Å². The molecule has 0 aromatic carbocycles. The van der Waals surface area contributed by atoms with Crippen molar-refractivity contribution in [2.75, 3.05) is 0 Å². The zero-order valence-corrected chi connectivity index (χ0v) is 19.7. The smallest absolute Gasteiger partial charge is 0.418 e. The van der Waals surface area contributed by atoms with Crippen LogP contribution >= 0.6 is 0 Å². The van der Waals surface area contributed by atoms with Crippen LogP contribution in [0.3, 0.4) is 0 Å². The van der Waals surface area contributed by atoms with E-state index in [1.165, 1.54) is 13.1 Å². The van der Waals surface area contributed by atoms with Crippen LogP contribution in [0, 0.1) is 0 Å². The second kappa shape index (κ2) is 7.92. The van der Waals surface area contributed by atoms with E-state index in [1.807, 2.05) is 13.8 Å². The number of halogens is 3. The summed E-state index contributed by atoms with van der Waals surface area (Å²) in [6.45, 7) is 10.1. The summed E-state index contributed by atoms with van der Waals surface area (Å²) in [7, 11) is -18.6. The van der Waals surface area contributed by atoms with Crippen molar-refractivity contribution < 1.29 is 32.9 Å². The predicted octanol–water partition coefficient (Wildman–Crippen LogP) is 3.81. The fourth-order valence-electron chi connectivity index (χ4n) is 2.52. The van der Waals surface area contributed by atoms with Gasteiger partial charge >= 0.3 is 44.5 Å². The average Bonchev–Trinajstić information content (AvgIpc) is 2.33. The molecule has 0 aromatic heterocycles. The van der Waals surface area contributed by atoms with Gasteiger partial charge in [-0.25, -0.2) is 12.3 Å². The first kappa shape index (κ1) is 21.7. The molecule has 0 spiro atoms. The molecule has 0 aliphatic carbocycles. The normalized spacial score (nSPS) is 34.0. The van der Waals surface area contributed by atoms with Crippen LogP contribution in [0.2, 0.25) is 37.8 Å². The molecule has 1 fully saturated rings. The molecule has 0 N–H and O–H groups in total. The van der Waals surface area contributed by atoms with Crippen LogP contribution in [0.25, 0.3) is 0 Å². The van der Waals surface area contributed by atoms with E-state index in [1.54, 1.807) is 13.5 Å². The van der Waals surface area contributed by atoms with Crippen molar-refractivity contribution in [3.05, 3.63) is 0 Å². The minimum Gasteiger partial charge on any atom is -0.418 e. The van der Waals surface area contributed by atoms with E-state index in [0.717, 1.165) is 0 Å². The summed E-state index contributed by atoms with van der Waals surface area (Å²) < 4.78 is 70.4. The van der Waals surface area contributed by atoms with Gasteiger partial charge in [0.05, 0.1) is 0 Å². The first-order valence-electron chi connectivity index (χ1n) is 7.93. The van der Waals surface area contributed by atoms with Gasteiger partial charge in [-0.05, 0) is 31.7 Å². The molecule has 1 heterocycles. The quantitative estimate of drug-likeness (QED) is 0.507. The zero-order valence-electron chi connectivity index (χ0n) is 14.6. The molecule has 2 unspecified atom stereocenters. The van der Waals surface area contributed by atoms with Crippen LogP contribution < -0.4 is 0 Å². The van der Waals surface area contributed by atoms with Crippen LogP contribution in [0.1, 0.15) is 27.2 Å². The first-order chi connectivity index (χ1) is 10.4. The Morgan fingerprint density at radius 3 is 1.91 bits per heavy atom. The maximum Gasteiger partial charge on any atom is 0.744 e. The molecule has 1 aliphatic heterocycles. The second-order valence-electron chi connectivity index (χ2n) is 6.00. The van der Waals surface area contributed by atoms with Gasteiger partial charge in [0.25, 0.3) is 0 Å². The maximum atomic E-state index is 15.2. The lowest BCUT2D eigenvalue weighted by molar-refractivity contribution is 0.148. The molecule has 0 bridgehead atoms. The summed E-state index contributed by atoms with van der Waals surface area (Å²) in [6.07, 6.45) is 0.357. The van der Waals surface area contributed by atoms with Crippen molar-refractivity contribution in [2.24, 2.45) is 0 Å². The van der Waals surface area contributed by atoms with Gasteiger partial charge in [-0.3, -0.25) is 0 Å². The molecule has 5 nitrogen and oxygen atoms in total. The fourth-order valence-corrected chi connectivity index (χ4v) is 21.4. The molecule has 13 heteroatoms. The van der Waals surface area contributed by atoms with Crippen LogP contribution in [-0.4, -0.2) is 44.5 Å². The van der Waals surface area contributed by atoms with Crippen LogP contribution in [-0.2, 0) is 20.6 Å². The fraction of sp³-hybridized carbons (Fsp3) is 1.00. The van der Waals surface area contributed by atoms with Crippen LogP contribution in [0.5, 0.6) is 0 Å². The second-order valence-corrected chi connectivity index (χ2v) is 20.3. The molecule has 0 radical (unpaired) electrons. The number of hydrogen-bond donors (Lipinski definition) is 0. The molecule has 1 saturated heterocycles. The SMILES string of the molecule is CCC[Si]1(F)O[Si](F)(F)O[Si](C)(C)O[SiH](C)O[Si](CC)(CC)O1. The van der Waals surface area contributed by atoms with Crippen molar-refractivity contribution in [3.8, 4) is 0 Å². The van der Waals surface area contributed by atoms with Crippen molar-refractivity contribution in [3.63, 3.8) is 0 Å². The van der Waals surface area contributed by atoms with E-state index in [9.17, 15) is 8.22 Å². The van der Waals surface area contributed by atoms with E-state index in [2.05, 4.69) is 4.12 Å². The van der Waals surface area contributed by atoms with Crippen LogP contribution in [0.4, 0.5) is 12.3 Å².